The maximum absolute atomic E-state index is 13.1. The molecule has 2 aliphatic rings. The normalized spacial score (nSPS) is 21.5. The van der Waals surface area contributed by atoms with Crippen LogP contribution in [0.1, 0.15) is 35.3 Å². The Morgan fingerprint density at radius 1 is 1.22 bits per heavy atom. The molecule has 1 amide bonds. The Bertz CT molecular complexity index is 1170. The number of carbonyl (C=O) groups excluding carboxylic acids is 1. The lowest BCUT2D eigenvalue weighted by molar-refractivity contribution is 0.0636. The van der Waals surface area contributed by atoms with E-state index in [4.69, 9.17) is 25.8 Å². The predicted octanol–water partition coefficient (Wildman–Crippen LogP) is 3.92. The number of methoxy groups -OCH3 is 1. The second-order valence-corrected chi connectivity index (χ2v) is 9.00. The van der Waals surface area contributed by atoms with Gasteiger partial charge in [-0.2, -0.15) is 0 Å². The number of nitrogens with zero attached hydrogens (tertiary/aromatic N) is 4. The van der Waals surface area contributed by atoms with Crippen LogP contribution < -0.4 is 14.8 Å². The molecule has 0 saturated carbocycles. The van der Waals surface area contributed by atoms with Gasteiger partial charge < -0.3 is 14.2 Å². The van der Waals surface area contributed by atoms with Gasteiger partial charge in [-0.05, 0) is 43.2 Å². The zero-order valence-electron chi connectivity index (χ0n) is 17.4. The van der Waals surface area contributed by atoms with Crippen LogP contribution in [0.25, 0.3) is 11.1 Å². The summed E-state index contributed by atoms with van der Waals surface area (Å²) < 4.78 is 17.2. The first-order chi connectivity index (χ1) is 15.5. The van der Waals surface area contributed by atoms with Crippen molar-refractivity contribution in [3.8, 4) is 22.1 Å². The van der Waals surface area contributed by atoms with E-state index in [0.29, 0.717) is 32.8 Å². The Hall–Kier alpha value is -2.82. The van der Waals surface area contributed by atoms with Crippen LogP contribution in [0.3, 0.4) is 0 Å². The summed E-state index contributed by atoms with van der Waals surface area (Å²) in [5.41, 5.74) is 2.35. The molecule has 11 heteroatoms. The smallest absolute Gasteiger partial charge is 0.296 e. The molecule has 3 aromatic rings. The van der Waals surface area contributed by atoms with Crippen LogP contribution in [0.15, 0.2) is 24.5 Å². The van der Waals surface area contributed by atoms with Crippen LogP contribution in [-0.4, -0.2) is 51.5 Å². The first-order valence-corrected chi connectivity index (χ1v) is 11.3. The van der Waals surface area contributed by atoms with Crippen molar-refractivity contribution in [3.05, 3.63) is 40.9 Å². The molecule has 2 saturated heterocycles. The highest BCUT2D eigenvalue weighted by atomic mass is 35.5. The van der Waals surface area contributed by atoms with Gasteiger partial charge in [0.2, 0.25) is 5.13 Å². The number of aromatic nitrogens is 4. The second kappa shape index (κ2) is 8.61. The van der Waals surface area contributed by atoms with Crippen LogP contribution in [0.4, 0.5) is 5.13 Å². The quantitative estimate of drug-likeness (QED) is 0.536. The van der Waals surface area contributed by atoms with E-state index < -0.39 is 0 Å². The summed E-state index contributed by atoms with van der Waals surface area (Å²) in [6.07, 6.45) is 6.37. The third kappa shape index (κ3) is 4.13. The summed E-state index contributed by atoms with van der Waals surface area (Å²) in [6.45, 7) is 1.84. The van der Waals surface area contributed by atoms with Crippen LogP contribution in [-0.2, 0) is 4.74 Å². The van der Waals surface area contributed by atoms with Crippen molar-refractivity contribution < 1.29 is 19.0 Å². The topological polar surface area (TPSA) is 108 Å². The summed E-state index contributed by atoms with van der Waals surface area (Å²) in [4.78, 5) is 21.4. The zero-order chi connectivity index (χ0) is 22.2. The molecule has 2 fully saturated rings. The number of carbonyl (C=O) groups is 1. The van der Waals surface area contributed by atoms with Crippen molar-refractivity contribution in [1.29, 1.82) is 0 Å². The lowest BCUT2D eigenvalue weighted by Crippen LogP contribution is -2.28. The van der Waals surface area contributed by atoms with Gasteiger partial charge in [0.05, 0.1) is 31.1 Å². The maximum Gasteiger partial charge on any atom is 0.296 e. The molecule has 3 atom stereocenters. The zero-order valence-corrected chi connectivity index (χ0v) is 18.9. The molecule has 2 bridgehead atoms. The first kappa shape index (κ1) is 21.0. The standard InChI is InChI=1S/C21H20ClN5O4S/c1-10-5-12(13-7-18(22)24-9-17(13)29-2)14(8-23-10)19(28)25-20-26-27-21(32-20)31-16-6-11-3-4-15(16)30-11/h5,7-9,11,15-16H,3-4,6H2,1-2H3,(H,25,26,28)/t11-,15+,16-/m1/s1. The average Bonchev–Trinajstić information content (AvgIpc) is 3.51. The minimum atomic E-state index is -0.381. The minimum absolute atomic E-state index is 0.0120. The van der Waals surface area contributed by atoms with Crippen LogP contribution >= 0.6 is 22.9 Å². The number of amides is 1. The monoisotopic (exact) mass is 473 g/mol. The summed E-state index contributed by atoms with van der Waals surface area (Å²) in [7, 11) is 1.53. The number of aryl methyl sites for hydroxylation is 1. The Morgan fingerprint density at radius 3 is 2.84 bits per heavy atom. The molecule has 166 valence electrons. The second-order valence-electron chi connectivity index (χ2n) is 7.67. The van der Waals surface area contributed by atoms with E-state index in [2.05, 4.69) is 25.5 Å². The van der Waals surface area contributed by atoms with Crippen LogP contribution in [0.5, 0.6) is 10.9 Å². The van der Waals surface area contributed by atoms with E-state index in [0.717, 1.165) is 25.0 Å². The fourth-order valence-electron chi connectivity index (χ4n) is 4.07. The average molecular weight is 474 g/mol. The largest absolute Gasteiger partial charge is 0.494 e. The highest BCUT2D eigenvalue weighted by Crippen LogP contribution is 2.38. The number of ether oxygens (including phenoxy) is 3. The van der Waals surface area contributed by atoms with Gasteiger partial charge >= 0.3 is 0 Å². The fraction of sp³-hybridized carbons (Fsp3) is 0.381. The van der Waals surface area contributed by atoms with E-state index >= 15 is 0 Å². The van der Waals surface area contributed by atoms with Gasteiger partial charge in [-0.1, -0.05) is 16.7 Å². The predicted molar refractivity (Wildman–Crippen MR) is 119 cm³/mol. The number of hydrogen-bond donors (Lipinski definition) is 1. The van der Waals surface area contributed by atoms with Crippen molar-refractivity contribution in [1.82, 2.24) is 20.2 Å². The number of rotatable bonds is 6. The lowest BCUT2D eigenvalue weighted by Gasteiger charge is -2.17. The molecular formula is C21H20ClN5O4S. The molecule has 5 heterocycles. The van der Waals surface area contributed by atoms with Crippen molar-refractivity contribution in [3.63, 3.8) is 0 Å². The summed E-state index contributed by atoms with van der Waals surface area (Å²) >= 11 is 7.28. The number of hydrogen-bond acceptors (Lipinski definition) is 9. The van der Waals surface area contributed by atoms with Crippen LogP contribution in [0.2, 0.25) is 5.15 Å². The summed E-state index contributed by atoms with van der Waals surface area (Å²) in [6, 6.07) is 3.45. The fourth-order valence-corrected chi connectivity index (χ4v) is 4.87. The number of fused-ring (bicyclic) bond motifs is 2. The minimum Gasteiger partial charge on any atom is -0.494 e. The SMILES string of the molecule is COc1cnc(Cl)cc1-c1cc(C)ncc1C(=O)Nc1nnc(O[C@@H]2C[C@H]3CC[C@@H]2O3)s1. The number of halogens is 1. The van der Waals surface area contributed by atoms with Crippen molar-refractivity contribution in [2.45, 2.75) is 44.5 Å². The Kier molecular flexibility index (Phi) is 5.66. The van der Waals surface area contributed by atoms with Crippen LogP contribution in [0, 0.1) is 6.92 Å². The molecule has 2 aliphatic heterocycles. The van der Waals surface area contributed by atoms with Gasteiger partial charge in [0.25, 0.3) is 11.1 Å². The van der Waals surface area contributed by atoms with Crippen molar-refractivity contribution >= 4 is 34.0 Å². The Morgan fingerprint density at radius 2 is 2.09 bits per heavy atom. The number of pyridine rings is 2. The van der Waals surface area contributed by atoms with Crippen molar-refractivity contribution in [2.24, 2.45) is 0 Å². The van der Waals surface area contributed by atoms with Gasteiger partial charge in [-0.25, -0.2) is 4.98 Å². The molecule has 0 unspecified atom stereocenters. The molecule has 32 heavy (non-hydrogen) atoms. The molecule has 0 radical (unpaired) electrons. The Balaban J connectivity index is 1.37. The molecule has 5 rings (SSSR count). The molecule has 3 aromatic heterocycles. The highest BCUT2D eigenvalue weighted by molar-refractivity contribution is 7.17. The third-order valence-corrected chi connectivity index (χ3v) is 6.50. The summed E-state index contributed by atoms with van der Waals surface area (Å²) in [5, 5.41) is 11.9. The van der Waals surface area contributed by atoms with Gasteiger partial charge in [0.15, 0.2) is 0 Å². The molecule has 0 aromatic carbocycles. The number of nitrogens with one attached hydrogen (secondary N) is 1. The molecular weight excluding hydrogens is 454 g/mol. The Labute approximate surface area is 193 Å². The molecule has 0 aliphatic carbocycles. The summed E-state index contributed by atoms with van der Waals surface area (Å²) in [5.74, 6) is 0.113. The van der Waals surface area contributed by atoms with E-state index in [1.165, 1.54) is 30.8 Å². The maximum atomic E-state index is 13.1. The molecule has 9 nitrogen and oxygen atoms in total. The van der Waals surface area contributed by atoms with E-state index in [-0.39, 0.29) is 29.4 Å². The van der Waals surface area contributed by atoms with Gasteiger partial charge in [0, 0.05) is 29.4 Å². The van der Waals surface area contributed by atoms with Gasteiger partial charge in [-0.3, -0.25) is 15.1 Å². The van der Waals surface area contributed by atoms with E-state index in [1.807, 2.05) is 6.92 Å². The third-order valence-electron chi connectivity index (χ3n) is 5.56. The first-order valence-electron chi connectivity index (χ1n) is 10.1. The molecule has 0 spiro atoms. The lowest BCUT2D eigenvalue weighted by atomic mass is 9.98. The van der Waals surface area contributed by atoms with Crippen molar-refractivity contribution in [2.75, 3.05) is 12.4 Å². The number of anilines is 1. The molecule has 1 N–H and O–H groups in total. The highest BCUT2D eigenvalue weighted by Gasteiger charge is 2.42. The van der Waals surface area contributed by atoms with E-state index in [1.54, 1.807) is 12.1 Å². The van der Waals surface area contributed by atoms with Gasteiger partial charge in [-0.15, -0.1) is 5.10 Å². The van der Waals surface area contributed by atoms with E-state index in [9.17, 15) is 4.79 Å². The van der Waals surface area contributed by atoms with Gasteiger partial charge in [0.1, 0.15) is 17.0 Å².